The Kier molecular flexibility index (Phi) is 8.01. The van der Waals surface area contributed by atoms with Gasteiger partial charge in [-0.15, -0.1) is 5.10 Å². The minimum absolute atomic E-state index is 0.00444. The topological polar surface area (TPSA) is 93.2 Å². The Labute approximate surface area is 219 Å². The molecule has 1 amide bonds. The zero-order valence-corrected chi connectivity index (χ0v) is 21.4. The lowest BCUT2D eigenvalue weighted by Gasteiger charge is -2.32. The van der Waals surface area contributed by atoms with Gasteiger partial charge >= 0.3 is 0 Å². The Morgan fingerprint density at radius 3 is 2.86 bits per heavy atom. The number of ether oxygens (including phenoxy) is 2. The van der Waals surface area contributed by atoms with Crippen LogP contribution in [0.3, 0.4) is 0 Å². The Morgan fingerprint density at radius 1 is 1.22 bits per heavy atom. The van der Waals surface area contributed by atoms with Crippen molar-refractivity contribution in [3.63, 3.8) is 0 Å². The highest BCUT2D eigenvalue weighted by atomic mass is 35.5. The summed E-state index contributed by atoms with van der Waals surface area (Å²) in [4.78, 5) is 15.9. The molecular formula is C26H28ClN5O3S. The normalized spacial score (nSPS) is 22.4. The van der Waals surface area contributed by atoms with Crippen LogP contribution in [0.4, 0.5) is 0 Å². The Balaban J connectivity index is 1.19. The number of H-pyrrole nitrogens is 1. The molecule has 3 heterocycles. The van der Waals surface area contributed by atoms with E-state index in [2.05, 4.69) is 39.3 Å². The second-order valence-electron chi connectivity index (χ2n) is 9.03. The summed E-state index contributed by atoms with van der Waals surface area (Å²) in [5, 5.41) is 14.7. The van der Waals surface area contributed by atoms with E-state index in [-0.39, 0.29) is 23.4 Å². The van der Waals surface area contributed by atoms with E-state index in [1.54, 1.807) is 6.07 Å². The van der Waals surface area contributed by atoms with Crippen LogP contribution < -0.4 is 0 Å². The van der Waals surface area contributed by atoms with Crippen LogP contribution in [-0.2, 0) is 20.7 Å². The number of nitrogens with one attached hydrogen (secondary N) is 1. The van der Waals surface area contributed by atoms with E-state index in [9.17, 15) is 4.79 Å². The smallest absolute Gasteiger partial charge is 0.253 e. The van der Waals surface area contributed by atoms with Crippen molar-refractivity contribution < 1.29 is 14.3 Å². The number of aromatic nitrogens is 4. The Hall–Kier alpha value is -2.72. The number of thioether (sulfide) groups is 1. The van der Waals surface area contributed by atoms with Gasteiger partial charge in [-0.1, -0.05) is 66.3 Å². The molecule has 8 nitrogen and oxygen atoms in total. The average molecular weight is 526 g/mol. The van der Waals surface area contributed by atoms with Gasteiger partial charge in [0.15, 0.2) is 5.82 Å². The van der Waals surface area contributed by atoms with Gasteiger partial charge in [0.2, 0.25) is 0 Å². The van der Waals surface area contributed by atoms with E-state index in [1.165, 1.54) is 17.3 Å². The number of tetrazole rings is 1. The third kappa shape index (κ3) is 5.98. The molecule has 0 saturated carbocycles. The van der Waals surface area contributed by atoms with E-state index < -0.39 is 0 Å². The average Bonchev–Trinajstić information content (AvgIpc) is 3.45. The molecule has 3 unspecified atom stereocenters. The van der Waals surface area contributed by atoms with Crippen molar-refractivity contribution >= 4 is 34.8 Å². The van der Waals surface area contributed by atoms with Gasteiger partial charge in [0.25, 0.3) is 5.91 Å². The van der Waals surface area contributed by atoms with Crippen molar-refractivity contribution in [1.82, 2.24) is 25.5 Å². The van der Waals surface area contributed by atoms with Gasteiger partial charge in [-0.25, -0.2) is 5.10 Å². The Morgan fingerprint density at radius 2 is 2.08 bits per heavy atom. The number of nitrogens with zero attached hydrogens (tertiary/aromatic N) is 4. The zero-order valence-electron chi connectivity index (χ0n) is 19.8. The minimum Gasteiger partial charge on any atom is -0.375 e. The summed E-state index contributed by atoms with van der Waals surface area (Å²) >= 11 is 8.17. The number of carbonyl (C=O) groups excluding carboxylic acids is 1. The summed E-state index contributed by atoms with van der Waals surface area (Å²) in [6.07, 6.45) is 2.62. The summed E-state index contributed by atoms with van der Waals surface area (Å²) in [6.45, 7) is 6.38. The van der Waals surface area contributed by atoms with Crippen LogP contribution in [0.5, 0.6) is 0 Å². The first kappa shape index (κ1) is 25.0. The number of halogens is 1. The summed E-state index contributed by atoms with van der Waals surface area (Å²) in [7, 11) is 0. The molecular weight excluding hydrogens is 498 g/mol. The first-order valence-corrected chi connectivity index (χ1v) is 13.3. The van der Waals surface area contributed by atoms with E-state index in [0.29, 0.717) is 48.3 Å². The molecule has 2 saturated heterocycles. The number of hydrogen-bond donors (Lipinski definition) is 1. The van der Waals surface area contributed by atoms with Crippen molar-refractivity contribution in [2.45, 2.75) is 41.6 Å². The fraction of sp³-hybridized carbons (Fsp3) is 0.385. The molecule has 0 radical (unpaired) electrons. The van der Waals surface area contributed by atoms with Crippen LogP contribution in [0.15, 0.2) is 60.0 Å². The van der Waals surface area contributed by atoms with Gasteiger partial charge < -0.3 is 14.4 Å². The van der Waals surface area contributed by atoms with Crippen molar-refractivity contribution in [3.05, 3.63) is 77.1 Å². The number of likely N-dealkylation sites (tertiary alicyclic amines) is 1. The lowest BCUT2D eigenvalue weighted by Crippen LogP contribution is -2.39. The number of carbonyl (C=O) groups is 1. The highest BCUT2D eigenvalue weighted by Crippen LogP contribution is 2.35. The molecule has 2 fully saturated rings. The monoisotopic (exact) mass is 525 g/mol. The van der Waals surface area contributed by atoms with Crippen LogP contribution >= 0.6 is 23.4 Å². The third-order valence-corrected chi connectivity index (χ3v) is 8.01. The van der Waals surface area contributed by atoms with E-state index in [4.69, 9.17) is 21.1 Å². The van der Waals surface area contributed by atoms with E-state index >= 15 is 0 Å². The van der Waals surface area contributed by atoms with Crippen LogP contribution in [0.1, 0.15) is 35.7 Å². The summed E-state index contributed by atoms with van der Waals surface area (Å²) < 4.78 is 12.1. The molecule has 188 valence electrons. The highest BCUT2D eigenvalue weighted by molar-refractivity contribution is 8.00. The highest BCUT2D eigenvalue weighted by Gasteiger charge is 2.29. The van der Waals surface area contributed by atoms with Gasteiger partial charge in [0, 0.05) is 35.9 Å². The second-order valence-corrected chi connectivity index (χ2v) is 10.6. The number of piperidine rings is 1. The standard InChI is InChI=1S/C26H28ClN5O3S/c1-17(26(33)32-11-5-8-20(14-32)25-28-30-31-29-25)19-9-10-23(22(27)13-19)36-24-16-34-15-21(35-24)12-18-6-3-2-4-7-18/h2-4,6-7,9-10,13,20-21,24H,1,5,8,11-12,14-16H2,(H,28,29,30,31). The first-order chi connectivity index (χ1) is 17.6. The zero-order chi connectivity index (χ0) is 24.9. The number of aromatic amines is 1. The molecule has 5 rings (SSSR count). The molecule has 3 aromatic rings. The number of hydrogen-bond acceptors (Lipinski definition) is 7. The lowest BCUT2D eigenvalue weighted by molar-refractivity contribution is -0.126. The van der Waals surface area contributed by atoms with E-state index in [1.807, 2.05) is 35.2 Å². The molecule has 0 bridgehead atoms. The van der Waals surface area contributed by atoms with Crippen molar-refractivity contribution in [2.24, 2.45) is 0 Å². The van der Waals surface area contributed by atoms with Gasteiger partial charge in [-0.05, 0) is 46.5 Å². The van der Waals surface area contributed by atoms with Gasteiger partial charge in [0.05, 0.1) is 24.3 Å². The molecule has 1 aromatic heterocycles. The minimum atomic E-state index is -0.156. The van der Waals surface area contributed by atoms with Gasteiger partial charge in [-0.3, -0.25) is 4.79 Å². The second kappa shape index (κ2) is 11.6. The van der Waals surface area contributed by atoms with Crippen LogP contribution in [0.2, 0.25) is 5.02 Å². The predicted molar refractivity (Wildman–Crippen MR) is 139 cm³/mol. The maximum atomic E-state index is 13.2. The maximum Gasteiger partial charge on any atom is 0.253 e. The molecule has 10 heteroatoms. The van der Waals surface area contributed by atoms with Crippen LogP contribution in [-0.4, -0.2) is 69.3 Å². The largest absolute Gasteiger partial charge is 0.375 e. The molecule has 2 aliphatic heterocycles. The fourth-order valence-corrected chi connectivity index (χ4v) is 5.89. The summed E-state index contributed by atoms with van der Waals surface area (Å²) in [5.41, 5.74) is 2.20. The molecule has 0 spiro atoms. The van der Waals surface area contributed by atoms with Crippen LogP contribution in [0, 0.1) is 0 Å². The van der Waals surface area contributed by atoms with Gasteiger partial charge in [-0.2, -0.15) is 0 Å². The number of benzene rings is 2. The van der Waals surface area contributed by atoms with E-state index in [0.717, 1.165) is 24.2 Å². The van der Waals surface area contributed by atoms with Crippen molar-refractivity contribution in [3.8, 4) is 0 Å². The maximum absolute atomic E-state index is 13.2. The first-order valence-electron chi connectivity index (χ1n) is 12.0. The quantitative estimate of drug-likeness (QED) is 0.458. The molecule has 3 atom stereocenters. The SMILES string of the molecule is C=C(C(=O)N1CCCC(c2nnn[nH]2)C1)c1ccc(SC2COCC(Cc3ccccc3)O2)c(Cl)c1. The fourth-order valence-electron chi connectivity index (χ4n) is 4.60. The number of amides is 1. The van der Waals surface area contributed by atoms with Crippen molar-refractivity contribution in [2.75, 3.05) is 26.3 Å². The molecule has 1 N–H and O–H groups in total. The molecule has 2 aliphatic rings. The number of rotatable bonds is 7. The Bertz CT molecular complexity index is 1190. The molecule has 36 heavy (non-hydrogen) atoms. The van der Waals surface area contributed by atoms with Crippen molar-refractivity contribution in [1.29, 1.82) is 0 Å². The van der Waals surface area contributed by atoms with Crippen LogP contribution in [0.25, 0.3) is 5.57 Å². The predicted octanol–water partition coefficient (Wildman–Crippen LogP) is 4.35. The molecule has 0 aliphatic carbocycles. The lowest BCUT2D eigenvalue weighted by atomic mass is 9.96. The summed E-state index contributed by atoms with van der Waals surface area (Å²) in [5.74, 6) is 0.704. The van der Waals surface area contributed by atoms with Gasteiger partial charge in [0.1, 0.15) is 5.44 Å². The third-order valence-electron chi connectivity index (χ3n) is 6.46. The summed E-state index contributed by atoms with van der Waals surface area (Å²) in [6, 6.07) is 15.9. The molecule has 2 aromatic carbocycles.